The van der Waals surface area contributed by atoms with Gasteiger partial charge in [-0.15, -0.1) is 0 Å². The highest BCUT2D eigenvalue weighted by Crippen LogP contribution is 2.41. The van der Waals surface area contributed by atoms with Crippen LogP contribution < -0.4 is 10.5 Å². The number of carboxylic acids is 1. The quantitative estimate of drug-likeness (QED) is 0.471. The summed E-state index contributed by atoms with van der Waals surface area (Å²) in [4.78, 5) is 28.5. The number of amides is 1. The molecule has 0 aromatic heterocycles. The van der Waals surface area contributed by atoms with Crippen LogP contribution in [0.15, 0.2) is 83.9 Å². The van der Waals surface area contributed by atoms with Gasteiger partial charge in [-0.25, -0.2) is 4.79 Å². The summed E-state index contributed by atoms with van der Waals surface area (Å²) in [5, 5.41) is 9.00. The third-order valence-corrected chi connectivity index (χ3v) is 6.25. The number of aliphatic imine (C=N–C) groups is 1. The minimum absolute atomic E-state index is 0.105. The van der Waals surface area contributed by atoms with Gasteiger partial charge in [0.05, 0.1) is 18.2 Å². The maximum Gasteiger partial charge on any atom is 0.341 e. The standard InChI is InChI=1S/C28H28N2O4/c29-28(33)24(17-30-27(19-9-3-1-4-10-19)20-11-5-2-6-12-20)22-13-7-15-23-21(22)14-8-16-25(23)34-18-26(31)32/h1-6,8-12,14,16,22,24H,7,13,15,17-18H2,(H2,29,33)(H,31,32). The van der Waals surface area contributed by atoms with Gasteiger partial charge in [0.1, 0.15) is 5.75 Å². The molecule has 6 nitrogen and oxygen atoms in total. The first kappa shape index (κ1) is 23.2. The first-order chi connectivity index (χ1) is 16.5. The number of carboxylic acid groups (broad SMARTS) is 1. The maximum atomic E-state index is 12.6. The van der Waals surface area contributed by atoms with E-state index in [2.05, 4.69) is 0 Å². The van der Waals surface area contributed by atoms with Gasteiger partial charge in [0.2, 0.25) is 5.91 Å². The first-order valence-corrected chi connectivity index (χ1v) is 11.5. The summed E-state index contributed by atoms with van der Waals surface area (Å²) < 4.78 is 5.52. The molecule has 0 fully saturated rings. The molecule has 0 spiro atoms. The van der Waals surface area contributed by atoms with Crippen molar-refractivity contribution in [2.75, 3.05) is 13.2 Å². The average Bonchev–Trinajstić information content (AvgIpc) is 2.86. The molecular weight excluding hydrogens is 428 g/mol. The Kier molecular flexibility index (Phi) is 7.38. The predicted molar refractivity (Wildman–Crippen MR) is 131 cm³/mol. The minimum Gasteiger partial charge on any atom is -0.482 e. The van der Waals surface area contributed by atoms with Gasteiger partial charge in [0, 0.05) is 11.1 Å². The van der Waals surface area contributed by atoms with E-state index in [4.69, 9.17) is 20.6 Å². The number of fused-ring (bicyclic) bond motifs is 1. The van der Waals surface area contributed by atoms with E-state index in [0.29, 0.717) is 5.75 Å². The molecule has 0 bridgehead atoms. The van der Waals surface area contributed by atoms with Gasteiger partial charge in [-0.1, -0.05) is 72.8 Å². The molecule has 1 aliphatic carbocycles. The fourth-order valence-corrected chi connectivity index (χ4v) is 4.69. The van der Waals surface area contributed by atoms with Crippen LogP contribution in [0.1, 0.15) is 41.0 Å². The second-order valence-corrected chi connectivity index (χ2v) is 8.44. The number of carbonyl (C=O) groups is 2. The Morgan fingerprint density at radius 1 is 0.971 bits per heavy atom. The Balaban J connectivity index is 1.67. The molecule has 2 unspecified atom stereocenters. The third kappa shape index (κ3) is 5.34. The van der Waals surface area contributed by atoms with Crippen molar-refractivity contribution in [1.82, 2.24) is 0 Å². The van der Waals surface area contributed by atoms with Crippen molar-refractivity contribution in [3.63, 3.8) is 0 Å². The van der Waals surface area contributed by atoms with Crippen molar-refractivity contribution in [1.29, 1.82) is 0 Å². The summed E-state index contributed by atoms with van der Waals surface area (Å²) in [5.74, 6) is -1.45. The van der Waals surface area contributed by atoms with E-state index in [-0.39, 0.29) is 18.4 Å². The van der Waals surface area contributed by atoms with E-state index >= 15 is 0 Å². The summed E-state index contributed by atoms with van der Waals surface area (Å²) in [7, 11) is 0. The fourth-order valence-electron chi connectivity index (χ4n) is 4.69. The Morgan fingerprint density at radius 2 is 1.62 bits per heavy atom. The van der Waals surface area contributed by atoms with Gasteiger partial charge in [0.25, 0.3) is 0 Å². The number of benzene rings is 3. The van der Waals surface area contributed by atoms with Crippen LogP contribution in [0.5, 0.6) is 5.75 Å². The summed E-state index contributed by atoms with van der Waals surface area (Å²) in [6, 6.07) is 25.4. The second kappa shape index (κ2) is 10.8. The van der Waals surface area contributed by atoms with E-state index in [1.165, 1.54) is 0 Å². The topological polar surface area (TPSA) is 102 Å². The van der Waals surface area contributed by atoms with Gasteiger partial charge in [-0.3, -0.25) is 9.79 Å². The summed E-state index contributed by atoms with van der Waals surface area (Å²) in [6.45, 7) is -0.138. The Labute approximate surface area is 199 Å². The van der Waals surface area contributed by atoms with Crippen LogP contribution in [0.3, 0.4) is 0 Å². The number of aliphatic carboxylic acids is 1. The number of nitrogens with zero attached hydrogens (tertiary/aromatic N) is 1. The Hall–Kier alpha value is -3.93. The fraction of sp³-hybridized carbons (Fsp3) is 0.250. The molecule has 1 aliphatic rings. The number of hydrogen-bond donors (Lipinski definition) is 2. The molecule has 2 atom stereocenters. The van der Waals surface area contributed by atoms with Gasteiger partial charge in [-0.05, 0) is 42.4 Å². The number of ether oxygens (including phenoxy) is 1. The van der Waals surface area contributed by atoms with E-state index in [1.54, 1.807) is 6.07 Å². The monoisotopic (exact) mass is 456 g/mol. The Morgan fingerprint density at radius 3 is 2.21 bits per heavy atom. The van der Waals surface area contributed by atoms with Crippen molar-refractivity contribution >= 4 is 17.6 Å². The summed E-state index contributed by atoms with van der Waals surface area (Å²) in [5.41, 5.74) is 10.6. The van der Waals surface area contributed by atoms with Gasteiger partial charge >= 0.3 is 5.97 Å². The van der Waals surface area contributed by atoms with Crippen LogP contribution in [0.4, 0.5) is 0 Å². The normalized spacial score (nSPS) is 15.6. The zero-order valence-corrected chi connectivity index (χ0v) is 18.9. The molecule has 3 N–H and O–H groups in total. The SMILES string of the molecule is NC(=O)C(CN=C(c1ccccc1)c1ccccc1)C1CCCc2c(OCC(=O)O)cccc21. The molecule has 3 aromatic rings. The average molecular weight is 457 g/mol. The lowest BCUT2D eigenvalue weighted by Crippen LogP contribution is -2.33. The lowest BCUT2D eigenvalue weighted by atomic mass is 9.75. The van der Waals surface area contributed by atoms with Crippen LogP contribution in [0.2, 0.25) is 0 Å². The van der Waals surface area contributed by atoms with E-state index in [9.17, 15) is 9.59 Å². The van der Waals surface area contributed by atoms with Gasteiger partial charge in [0.15, 0.2) is 6.61 Å². The van der Waals surface area contributed by atoms with Crippen LogP contribution >= 0.6 is 0 Å². The molecule has 34 heavy (non-hydrogen) atoms. The largest absolute Gasteiger partial charge is 0.482 e. The Bertz CT molecular complexity index is 1130. The lowest BCUT2D eigenvalue weighted by molar-refractivity contribution is -0.139. The molecule has 0 radical (unpaired) electrons. The number of primary amides is 1. The number of carbonyl (C=O) groups excluding carboxylic acids is 1. The van der Waals surface area contributed by atoms with Crippen molar-refractivity contribution in [3.8, 4) is 5.75 Å². The number of rotatable bonds is 9. The highest BCUT2D eigenvalue weighted by Gasteiger charge is 2.33. The van der Waals surface area contributed by atoms with Gasteiger partial charge < -0.3 is 15.6 Å². The first-order valence-electron chi connectivity index (χ1n) is 11.5. The minimum atomic E-state index is -1.02. The molecular formula is C28H28N2O4. The summed E-state index contributed by atoms with van der Waals surface area (Å²) in [6.07, 6.45) is 2.45. The van der Waals surface area contributed by atoms with Crippen molar-refractivity contribution in [2.24, 2.45) is 16.6 Å². The van der Waals surface area contributed by atoms with Crippen LogP contribution in [0, 0.1) is 5.92 Å². The van der Waals surface area contributed by atoms with Crippen LogP contribution in [-0.2, 0) is 16.0 Å². The lowest BCUT2D eigenvalue weighted by Gasteiger charge is -2.31. The van der Waals surface area contributed by atoms with Crippen LogP contribution in [-0.4, -0.2) is 35.8 Å². The van der Waals surface area contributed by atoms with E-state index in [1.807, 2.05) is 72.8 Å². The molecule has 0 heterocycles. The van der Waals surface area contributed by atoms with Crippen molar-refractivity contribution in [3.05, 3.63) is 101 Å². The number of nitrogens with two attached hydrogens (primary N) is 1. The maximum absolute atomic E-state index is 12.6. The van der Waals surface area contributed by atoms with Crippen molar-refractivity contribution < 1.29 is 19.4 Å². The third-order valence-electron chi connectivity index (χ3n) is 6.25. The van der Waals surface area contributed by atoms with E-state index < -0.39 is 18.5 Å². The predicted octanol–water partition coefficient (Wildman–Crippen LogP) is 4.21. The smallest absolute Gasteiger partial charge is 0.341 e. The second-order valence-electron chi connectivity index (χ2n) is 8.44. The zero-order chi connectivity index (χ0) is 23.9. The number of hydrogen-bond acceptors (Lipinski definition) is 4. The molecule has 3 aromatic carbocycles. The summed E-state index contributed by atoms with van der Waals surface area (Å²) >= 11 is 0. The molecule has 0 saturated carbocycles. The molecule has 4 rings (SSSR count). The highest BCUT2D eigenvalue weighted by atomic mass is 16.5. The van der Waals surface area contributed by atoms with E-state index in [0.717, 1.165) is 47.2 Å². The van der Waals surface area contributed by atoms with Crippen LogP contribution in [0.25, 0.3) is 0 Å². The molecule has 6 heteroatoms. The molecule has 0 aliphatic heterocycles. The van der Waals surface area contributed by atoms with Gasteiger partial charge in [-0.2, -0.15) is 0 Å². The molecule has 0 saturated heterocycles. The zero-order valence-electron chi connectivity index (χ0n) is 18.9. The highest BCUT2D eigenvalue weighted by molar-refractivity contribution is 6.12. The molecule has 174 valence electrons. The molecule has 1 amide bonds. The van der Waals surface area contributed by atoms with Crippen molar-refractivity contribution in [2.45, 2.75) is 25.2 Å².